The van der Waals surface area contributed by atoms with Crippen LogP contribution in [0.15, 0.2) is 0 Å². The van der Waals surface area contributed by atoms with Crippen molar-refractivity contribution in [3.8, 4) is 0 Å². The Bertz CT molecular complexity index is 269. The maximum Gasteiger partial charge on any atom is 0.399 e. The molecule has 1 fully saturated rings. The molecule has 0 N–H and O–H groups in total. The molecule has 0 bridgehead atoms. The molecule has 14 heavy (non-hydrogen) atoms. The molecule has 1 saturated heterocycles. The molecule has 0 saturated carbocycles. The Hall–Kier alpha value is -0.170. The van der Waals surface area contributed by atoms with Gasteiger partial charge in [0, 0.05) is 12.8 Å². The van der Waals surface area contributed by atoms with Gasteiger partial charge in [-0.1, -0.05) is 0 Å². The van der Waals surface area contributed by atoms with E-state index in [1.807, 2.05) is 0 Å². The van der Waals surface area contributed by atoms with Gasteiger partial charge < -0.3 is 4.48 Å². The van der Waals surface area contributed by atoms with Gasteiger partial charge in [0.25, 0.3) is 0 Å². The molecule has 1 heterocycles. The molecule has 6 heteroatoms. The first kappa shape index (κ1) is 11.9. The summed E-state index contributed by atoms with van der Waals surface area (Å²) in [6, 6.07) is 0. The second kappa shape index (κ2) is 4.57. The van der Waals surface area contributed by atoms with Crippen LogP contribution in [-0.4, -0.2) is 53.3 Å². The van der Waals surface area contributed by atoms with Crippen molar-refractivity contribution in [2.75, 3.05) is 40.4 Å². The summed E-state index contributed by atoms with van der Waals surface area (Å²) in [7, 11) is -0.528. The van der Waals surface area contributed by atoms with Gasteiger partial charge in [0.05, 0.1) is 27.2 Å². The highest BCUT2D eigenvalue weighted by molar-refractivity contribution is 7.81. The second-order valence-electron chi connectivity index (χ2n) is 3.89. The molecule has 1 rings (SSSR count). The molecule has 0 radical (unpaired) electrons. The molecule has 5 nitrogen and oxygen atoms in total. The van der Waals surface area contributed by atoms with Crippen LogP contribution in [0.25, 0.3) is 0 Å². The summed E-state index contributed by atoms with van der Waals surface area (Å²) in [6.07, 6.45) is 2.43. The molecule has 1 aliphatic rings. The van der Waals surface area contributed by atoms with E-state index in [-0.39, 0.29) is 6.61 Å². The van der Waals surface area contributed by atoms with Gasteiger partial charge in [0.2, 0.25) is 0 Å². The van der Waals surface area contributed by atoms with Crippen LogP contribution in [0.1, 0.15) is 12.8 Å². The largest absolute Gasteiger partial charge is 0.399 e. The third-order valence-electron chi connectivity index (χ3n) is 2.71. The maximum atomic E-state index is 10.8. The number of hydrogen-bond acceptors (Lipinski definition) is 4. The highest BCUT2D eigenvalue weighted by atomic mass is 32.3. The van der Waals surface area contributed by atoms with Crippen LogP contribution in [0.2, 0.25) is 0 Å². The standard InChI is InChI=1S/C8H18NO4S/c1-9(5-3-4-6-9)7-8-13-14(10,11)12-2/h3-8H2,1-2H3/q+1. The van der Waals surface area contributed by atoms with E-state index >= 15 is 0 Å². The Morgan fingerprint density at radius 3 is 2.36 bits per heavy atom. The van der Waals surface area contributed by atoms with Crippen LogP contribution in [0.4, 0.5) is 0 Å². The summed E-state index contributed by atoms with van der Waals surface area (Å²) in [5.41, 5.74) is 0. The van der Waals surface area contributed by atoms with E-state index in [1.54, 1.807) is 0 Å². The lowest BCUT2D eigenvalue weighted by Gasteiger charge is -2.28. The number of likely N-dealkylation sites (N-methyl/N-ethyl adjacent to an activating group) is 1. The lowest BCUT2D eigenvalue weighted by molar-refractivity contribution is -0.897. The Labute approximate surface area is 85.5 Å². The summed E-state index contributed by atoms with van der Waals surface area (Å²) in [5.74, 6) is 0. The van der Waals surface area contributed by atoms with Gasteiger partial charge in [-0.15, -0.1) is 0 Å². The highest BCUT2D eigenvalue weighted by Crippen LogP contribution is 2.15. The van der Waals surface area contributed by atoms with E-state index in [4.69, 9.17) is 0 Å². The van der Waals surface area contributed by atoms with Gasteiger partial charge in [-0.3, -0.25) is 4.18 Å². The molecule has 0 aliphatic carbocycles. The first-order chi connectivity index (χ1) is 6.47. The quantitative estimate of drug-likeness (QED) is 0.623. The van der Waals surface area contributed by atoms with E-state index in [1.165, 1.54) is 12.8 Å². The summed E-state index contributed by atoms with van der Waals surface area (Å²) in [4.78, 5) is 0. The number of nitrogens with zero attached hydrogens (tertiary/aromatic N) is 1. The number of quaternary nitrogens is 1. The third-order valence-corrected chi connectivity index (χ3v) is 3.57. The predicted molar refractivity (Wildman–Crippen MR) is 51.9 cm³/mol. The van der Waals surface area contributed by atoms with E-state index in [0.29, 0.717) is 0 Å². The highest BCUT2D eigenvalue weighted by Gasteiger charge is 2.27. The third kappa shape index (κ3) is 3.53. The normalized spacial score (nSPS) is 21.3. The van der Waals surface area contributed by atoms with Crippen LogP contribution in [0.3, 0.4) is 0 Å². The topological polar surface area (TPSA) is 52.6 Å². The van der Waals surface area contributed by atoms with Gasteiger partial charge in [-0.2, -0.15) is 8.42 Å². The van der Waals surface area contributed by atoms with Gasteiger partial charge in [-0.05, 0) is 0 Å². The number of likely N-dealkylation sites (tertiary alicyclic amines) is 1. The zero-order chi connectivity index (χ0) is 10.7. The molecule has 0 aromatic carbocycles. The first-order valence-corrected chi connectivity index (χ1v) is 6.09. The monoisotopic (exact) mass is 224 g/mol. The van der Waals surface area contributed by atoms with Crippen molar-refractivity contribution in [1.82, 2.24) is 0 Å². The van der Waals surface area contributed by atoms with E-state index in [2.05, 4.69) is 15.4 Å². The van der Waals surface area contributed by atoms with Crippen molar-refractivity contribution in [3.05, 3.63) is 0 Å². The second-order valence-corrected chi connectivity index (χ2v) is 5.28. The van der Waals surface area contributed by atoms with Crippen LogP contribution < -0.4 is 0 Å². The summed E-state index contributed by atoms with van der Waals surface area (Å²) in [5, 5.41) is 0. The minimum absolute atomic E-state index is 0.201. The van der Waals surface area contributed by atoms with Gasteiger partial charge in [0.15, 0.2) is 0 Å². The molecular formula is C8H18NO4S+. The number of rotatable bonds is 5. The fourth-order valence-corrected chi connectivity index (χ4v) is 2.11. The van der Waals surface area contributed by atoms with Crippen LogP contribution in [0, 0.1) is 0 Å². The molecule has 1 aliphatic heterocycles. The van der Waals surface area contributed by atoms with Crippen molar-refractivity contribution in [2.45, 2.75) is 12.8 Å². The van der Waals surface area contributed by atoms with Gasteiger partial charge in [-0.25, -0.2) is 4.18 Å². The lowest BCUT2D eigenvalue weighted by Crippen LogP contribution is -2.43. The van der Waals surface area contributed by atoms with Crippen molar-refractivity contribution >= 4 is 10.4 Å². The summed E-state index contributed by atoms with van der Waals surface area (Å²) < 4.78 is 31.4. The van der Waals surface area contributed by atoms with E-state index in [9.17, 15) is 8.42 Å². The summed E-state index contributed by atoms with van der Waals surface area (Å²) >= 11 is 0. The molecule has 0 aromatic heterocycles. The Balaban J connectivity index is 2.27. The Kier molecular flexibility index (Phi) is 3.88. The van der Waals surface area contributed by atoms with Crippen LogP contribution >= 0.6 is 0 Å². The predicted octanol–water partition coefficient (Wildman–Crippen LogP) is 0.135. The van der Waals surface area contributed by atoms with E-state index in [0.717, 1.165) is 31.2 Å². The average Bonchev–Trinajstić information content (AvgIpc) is 2.52. The maximum absolute atomic E-state index is 10.8. The molecule has 0 atom stereocenters. The molecule has 84 valence electrons. The Morgan fingerprint density at radius 2 is 1.86 bits per heavy atom. The molecule has 0 amide bonds. The zero-order valence-electron chi connectivity index (χ0n) is 8.73. The molecule has 0 aromatic rings. The van der Waals surface area contributed by atoms with Crippen molar-refractivity contribution in [2.24, 2.45) is 0 Å². The van der Waals surface area contributed by atoms with Crippen molar-refractivity contribution < 1.29 is 21.3 Å². The molecular weight excluding hydrogens is 206 g/mol. The summed E-state index contributed by atoms with van der Waals surface area (Å²) in [6.45, 7) is 3.14. The first-order valence-electron chi connectivity index (χ1n) is 4.76. The van der Waals surface area contributed by atoms with Crippen LogP contribution in [-0.2, 0) is 18.8 Å². The van der Waals surface area contributed by atoms with Crippen molar-refractivity contribution in [3.63, 3.8) is 0 Å². The Morgan fingerprint density at radius 1 is 1.29 bits per heavy atom. The number of hydrogen-bond donors (Lipinski definition) is 0. The molecule has 0 spiro atoms. The molecule has 0 unspecified atom stereocenters. The van der Waals surface area contributed by atoms with Gasteiger partial charge >= 0.3 is 10.4 Å². The lowest BCUT2D eigenvalue weighted by atomic mass is 10.4. The van der Waals surface area contributed by atoms with Gasteiger partial charge in [0.1, 0.15) is 13.2 Å². The zero-order valence-corrected chi connectivity index (χ0v) is 9.55. The fourth-order valence-electron chi connectivity index (χ4n) is 1.73. The van der Waals surface area contributed by atoms with Crippen LogP contribution in [0.5, 0.6) is 0 Å². The fraction of sp³-hybridized carbons (Fsp3) is 1.00. The minimum atomic E-state index is -3.75. The SMILES string of the molecule is COS(=O)(=O)OCC[N+]1(C)CCCC1. The smallest absolute Gasteiger partial charge is 0.324 e. The van der Waals surface area contributed by atoms with Crippen molar-refractivity contribution in [1.29, 1.82) is 0 Å². The minimum Gasteiger partial charge on any atom is -0.324 e. The average molecular weight is 224 g/mol. The van der Waals surface area contributed by atoms with E-state index < -0.39 is 10.4 Å².